The predicted octanol–water partition coefficient (Wildman–Crippen LogP) is -3.53. The van der Waals surface area contributed by atoms with Gasteiger partial charge in [-0.3, -0.25) is 9.80 Å². The zero-order valence-electron chi connectivity index (χ0n) is 22.4. The Morgan fingerprint density at radius 3 is 1.67 bits per heavy atom. The number of benzene rings is 2. The lowest BCUT2D eigenvalue weighted by Gasteiger charge is -2.45. The summed E-state index contributed by atoms with van der Waals surface area (Å²) in [6, 6.07) is 1.72. The van der Waals surface area contributed by atoms with Crippen molar-refractivity contribution in [3.05, 3.63) is 57.6 Å². The van der Waals surface area contributed by atoms with Gasteiger partial charge in [0.05, 0.1) is 58.0 Å². The molecule has 0 radical (unpaired) electrons. The highest BCUT2D eigenvalue weighted by molar-refractivity contribution is 7.50. The third kappa shape index (κ3) is 9.77. The van der Waals surface area contributed by atoms with Crippen LogP contribution in [0.15, 0.2) is 24.3 Å². The molecule has 0 aromatic heterocycles. The molecule has 9 N–H and O–H groups in total. The second-order valence-corrected chi connectivity index (χ2v) is 12.7. The molecule has 0 fully saturated rings. The Morgan fingerprint density at radius 2 is 1.21 bits per heavy atom. The van der Waals surface area contributed by atoms with Crippen LogP contribution in [0.2, 0.25) is 0 Å². The summed E-state index contributed by atoms with van der Waals surface area (Å²) in [5.74, 6) is -0.965. The van der Waals surface area contributed by atoms with Gasteiger partial charge in [-0.05, 0) is 34.4 Å². The van der Waals surface area contributed by atoms with Gasteiger partial charge in [0.15, 0.2) is 0 Å². The topological polar surface area (TPSA) is 292 Å². The molecule has 18 heteroatoms. The van der Waals surface area contributed by atoms with Crippen molar-refractivity contribution < 1.29 is 69.6 Å². The van der Waals surface area contributed by atoms with Crippen molar-refractivity contribution in [1.82, 2.24) is 9.80 Å². The molecule has 0 heterocycles. The van der Waals surface area contributed by atoms with E-state index in [4.69, 9.17) is 0 Å². The van der Waals surface area contributed by atoms with Crippen LogP contribution in [0.4, 0.5) is 0 Å². The number of phenols is 2. The van der Waals surface area contributed by atoms with E-state index in [0.717, 1.165) is 21.9 Å². The average Bonchev–Trinajstić information content (AvgIpc) is 2.91. The fourth-order valence-electron chi connectivity index (χ4n) is 4.81. The van der Waals surface area contributed by atoms with E-state index in [2.05, 4.69) is 0 Å². The van der Waals surface area contributed by atoms with E-state index in [0.29, 0.717) is 0 Å². The number of aliphatic hydroxyl groups is 6. The van der Waals surface area contributed by atoms with E-state index in [1.165, 1.54) is 12.1 Å². The van der Waals surface area contributed by atoms with E-state index in [1.807, 2.05) is 0 Å². The van der Waals surface area contributed by atoms with Gasteiger partial charge in [0, 0.05) is 30.5 Å². The largest absolute Gasteiger partial charge is 0.810 e. The second kappa shape index (κ2) is 15.7. The summed E-state index contributed by atoms with van der Waals surface area (Å²) < 4.78 is 23.9. The standard InChI is InChI=1S/C24H38N2O14P2/c27-7-15-3-17(9-29)18(24(34)4-15)5-25(13-41(35,36)37)21(11-31)22(12-32)26(14-42(38,39)40)6-19-20(10-30)16(8-28)1-2-23(19)33/h1-4,21-22,27-34H,5-14H2,(H2,35,36,37)(H2,38,39,40)/p-3/t21-,22?/m1/s1. The third-order valence-electron chi connectivity index (χ3n) is 6.76. The molecule has 0 aliphatic carbocycles. The minimum atomic E-state index is -5.44. The van der Waals surface area contributed by atoms with E-state index < -0.39 is 104 Å². The number of aliphatic hydroxyl groups excluding tert-OH is 6. The van der Waals surface area contributed by atoms with Crippen molar-refractivity contribution in [2.45, 2.75) is 51.6 Å². The highest BCUT2D eigenvalue weighted by Gasteiger charge is 2.35. The fourth-order valence-corrected chi connectivity index (χ4v) is 6.33. The molecule has 0 saturated heterocycles. The first-order valence-electron chi connectivity index (χ1n) is 12.5. The van der Waals surface area contributed by atoms with Gasteiger partial charge >= 0.3 is 0 Å². The molecule has 0 saturated carbocycles. The Balaban J connectivity index is 2.67. The Labute approximate surface area is 241 Å². The first-order valence-corrected chi connectivity index (χ1v) is 15.9. The normalized spacial score (nSPS) is 15.2. The molecule has 0 bridgehead atoms. The lowest BCUT2D eigenvalue weighted by molar-refractivity contribution is -0.316. The maximum absolute atomic E-state index is 12.0. The van der Waals surface area contributed by atoms with Crippen molar-refractivity contribution in [3.8, 4) is 11.5 Å². The smallest absolute Gasteiger partial charge is 0.146 e. The highest BCUT2D eigenvalue weighted by atomic mass is 31.2. The lowest BCUT2D eigenvalue weighted by Crippen LogP contribution is -2.56. The number of nitrogens with zero attached hydrogens (tertiary/aromatic N) is 2. The quantitative estimate of drug-likeness (QED) is 0.0759. The second-order valence-electron chi connectivity index (χ2n) is 9.61. The zero-order chi connectivity index (χ0) is 31.8. The summed E-state index contributed by atoms with van der Waals surface area (Å²) in [7, 11) is -10.6. The van der Waals surface area contributed by atoms with Crippen LogP contribution in [-0.4, -0.2) is 93.4 Å². The lowest BCUT2D eigenvalue weighted by atomic mass is 9.98. The summed E-state index contributed by atoms with van der Waals surface area (Å²) in [6.07, 6.45) is -2.50. The summed E-state index contributed by atoms with van der Waals surface area (Å²) >= 11 is 0. The van der Waals surface area contributed by atoms with Crippen LogP contribution in [-0.2, 0) is 48.6 Å². The van der Waals surface area contributed by atoms with Crippen molar-refractivity contribution in [1.29, 1.82) is 0 Å². The highest BCUT2D eigenvalue weighted by Crippen LogP contribution is 2.37. The van der Waals surface area contributed by atoms with Gasteiger partial charge in [-0.1, -0.05) is 19.7 Å². The average molecular weight is 637 g/mol. The van der Waals surface area contributed by atoms with Gasteiger partial charge < -0.3 is 69.6 Å². The molecule has 42 heavy (non-hydrogen) atoms. The van der Waals surface area contributed by atoms with Crippen molar-refractivity contribution in [3.63, 3.8) is 0 Å². The zero-order valence-corrected chi connectivity index (χ0v) is 24.2. The maximum Gasteiger partial charge on any atom is 0.146 e. The SMILES string of the molecule is O=P([O-])([O-])CN(Cc1c(O)ccc(CO)c1CO)C(CO)[C@@H](CO)N(Cc1c(O)cc(CO)cc1CO)CP(=O)([O-])O. The van der Waals surface area contributed by atoms with Gasteiger partial charge in [-0.25, -0.2) is 0 Å². The minimum absolute atomic E-state index is 0.0101. The number of aromatic hydroxyl groups is 2. The van der Waals surface area contributed by atoms with Crippen LogP contribution in [0.5, 0.6) is 11.5 Å². The number of rotatable bonds is 17. The Kier molecular flexibility index (Phi) is 13.5. The molecule has 0 aliphatic heterocycles. The van der Waals surface area contributed by atoms with E-state index in [9.17, 15) is 69.6 Å². The molecule has 16 nitrogen and oxygen atoms in total. The molecule has 2 aromatic rings. The van der Waals surface area contributed by atoms with Gasteiger partial charge in [0.2, 0.25) is 0 Å². The Bertz CT molecular complexity index is 1280. The van der Waals surface area contributed by atoms with Crippen LogP contribution in [0.1, 0.15) is 33.4 Å². The molecule has 0 spiro atoms. The summed E-state index contributed by atoms with van der Waals surface area (Å²) in [5.41, 5.74) is 0.176. The molecule has 2 rings (SSSR count). The first-order chi connectivity index (χ1) is 19.6. The predicted molar refractivity (Wildman–Crippen MR) is 140 cm³/mol. The monoisotopic (exact) mass is 637 g/mol. The van der Waals surface area contributed by atoms with Crippen LogP contribution in [0.3, 0.4) is 0 Å². The molecular weight excluding hydrogens is 602 g/mol. The number of phenolic OH excluding ortho intramolecular Hbond substituents is 2. The molecular formula is C24H35N2O14P2-3. The third-order valence-corrected chi connectivity index (χ3v) is 8.19. The summed E-state index contributed by atoms with van der Waals surface area (Å²) in [4.78, 5) is 47.2. The molecule has 2 unspecified atom stereocenters. The van der Waals surface area contributed by atoms with Crippen molar-refractivity contribution in [2.24, 2.45) is 0 Å². The molecule has 0 amide bonds. The number of hydrogen-bond donors (Lipinski definition) is 9. The van der Waals surface area contributed by atoms with Gasteiger partial charge in [0.1, 0.15) is 19.1 Å². The Morgan fingerprint density at radius 1 is 0.667 bits per heavy atom. The van der Waals surface area contributed by atoms with Crippen LogP contribution >= 0.6 is 15.2 Å². The summed E-state index contributed by atoms with van der Waals surface area (Å²) in [5, 5.41) is 80.5. The van der Waals surface area contributed by atoms with Crippen LogP contribution in [0.25, 0.3) is 0 Å². The first kappa shape index (κ1) is 36.2. The number of hydrogen-bond acceptors (Lipinski definition) is 15. The van der Waals surface area contributed by atoms with Crippen molar-refractivity contribution >= 4 is 15.2 Å². The van der Waals surface area contributed by atoms with Gasteiger partial charge in [0.25, 0.3) is 0 Å². The molecule has 3 atom stereocenters. The van der Waals surface area contributed by atoms with Crippen molar-refractivity contribution in [2.75, 3.05) is 25.8 Å². The van der Waals surface area contributed by atoms with E-state index >= 15 is 0 Å². The van der Waals surface area contributed by atoms with Crippen LogP contribution in [0, 0.1) is 0 Å². The van der Waals surface area contributed by atoms with Gasteiger partial charge in [-0.15, -0.1) is 0 Å². The van der Waals surface area contributed by atoms with E-state index in [1.54, 1.807) is 0 Å². The molecule has 0 aliphatic rings. The molecule has 2 aromatic carbocycles. The Hall–Kier alpha value is -1.98. The van der Waals surface area contributed by atoms with E-state index in [-0.39, 0.29) is 33.4 Å². The van der Waals surface area contributed by atoms with Gasteiger partial charge in [-0.2, -0.15) is 0 Å². The summed E-state index contributed by atoms with van der Waals surface area (Å²) in [6.45, 7) is -5.75. The minimum Gasteiger partial charge on any atom is -0.810 e. The van der Waals surface area contributed by atoms with Crippen LogP contribution < -0.4 is 14.7 Å². The fraction of sp³-hybridized carbons (Fsp3) is 0.500. The maximum atomic E-state index is 12.0. The molecule has 238 valence electrons.